The molecule has 4 rings (SSSR count). The number of hydrogen-bond donors (Lipinski definition) is 12. The minimum absolute atomic E-state index is 0.0623. The maximum atomic E-state index is 11.2. The molecule has 0 saturated carbocycles. The molecule has 12 N–H and O–H groups in total. The standard InChI is InChI=1S/C29H53NO20/c1-11-12(33)7-13(34)26(46-11)43-5-3-30(2)4-6-44-28-24(42)25(50-29-23(41)21(39)18(36)15(9-32)48-29)19(37)16(49-28)10-45-27-22(40)20(38)17(35)14(8-31)47-27/h11-29,31-42H,3-10H2,1-2H3/t11-,12-,13-,14+,15+,16+,17+,18+,19+,20-,21-,22-,23-,24-,25-,26+,27-,28-,29+/m0/s1. The molecule has 0 spiro atoms. The summed E-state index contributed by atoms with van der Waals surface area (Å²) >= 11 is 0. The monoisotopic (exact) mass is 735 g/mol. The van der Waals surface area contributed by atoms with E-state index < -0.39 is 137 Å². The van der Waals surface area contributed by atoms with E-state index in [1.165, 1.54) is 0 Å². The van der Waals surface area contributed by atoms with Crippen molar-refractivity contribution < 1.29 is 99.2 Å². The van der Waals surface area contributed by atoms with E-state index in [0.717, 1.165) is 0 Å². The van der Waals surface area contributed by atoms with Crippen LogP contribution < -0.4 is 0 Å². The van der Waals surface area contributed by atoms with Gasteiger partial charge in [0.05, 0.1) is 45.2 Å². The van der Waals surface area contributed by atoms with E-state index in [2.05, 4.69) is 0 Å². The van der Waals surface area contributed by atoms with Crippen molar-refractivity contribution in [2.24, 2.45) is 0 Å². The molecule has 4 heterocycles. The van der Waals surface area contributed by atoms with Gasteiger partial charge in [-0.2, -0.15) is 0 Å². The van der Waals surface area contributed by atoms with Crippen LogP contribution in [0.5, 0.6) is 0 Å². The van der Waals surface area contributed by atoms with Crippen LogP contribution >= 0.6 is 0 Å². The van der Waals surface area contributed by atoms with Crippen LogP contribution in [-0.4, -0.2) is 236 Å². The van der Waals surface area contributed by atoms with Crippen molar-refractivity contribution in [3.8, 4) is 0 Å². The summed E-state index contributed by atoms with van der Waals surface area (Å²) in [5, 5.41) is 123. The highest BCUT2D eigenvalue weighted by Crippen LogP contribution is 2.31. The highest BCUT2D eigenvalue weighted by Gasteiger charge is 2.52. The molecule has 0 aromatic heterocycles. The van der Waals surface area contributed by atoms with Gasteiger partial charge >= 0.3 is 0 Å². The third kappa shape index (κ3) is 10.0. The third-order valence-electron chi connectivity index (χ3n) is 9.25. The van der Waals surface area contributed by atoms with Crippen LogP contribution in [0.4, 0.5) is 0 Å². The van der Waals surface area contributed by atoms with E-state index in [1.807, 2.05) is 0 Å². The van der Waals surface area contributed by atoms with Gasteiger partial charge in [0.15, 0.2) is 25.2 Å². The Morgan fingerprint density at radius 1 is 0.540 bits per heavy atom. The van der Waals surface area contributed by atoms with E-state index in [4.69, 9.17) is 37.9 Å². The largest absolute Gasteiger partial charge is 0.394 e. The van der Waals surface area contributed by atoms with Crippen LogP contribution in [0.2, 0.25) is 0 Å². The fourth-order valence-electron chi connectivity index (χ4n) is 5.92. The molecule has 21 heteroatoms. The number of ether oxygens (including phenoxy) is 8. The highest BCUT2D eigenvalue weighted by atomic mass is 16.8. The molecular formula is C29H53NO20. The molecule has 0 aliphatic carbocycles. The molecular weight excluding hydrogens is 682 g/mol. The topological polar surface area (TPSA) is 320 Å². The van der Waals surface area contributed by atoms with Crippen LogP contribution in [0.15, 0.2) is 0 Å². The van der Waals surface area contributed by atoms with E-state index in [-0.39, 0.29) is 26.2 Å². The summed E-state index contributed by atoms with van der Waals surface area (Å²) in [5.74, 6) is 0. The van der Waals surface area contributed by atoms with E-state index >= 15 is 0 Å². The zero-order valence-corrected chi connectivity index (χ0v) is 27.7. The van der Waals surface area contributed by atoms with Gasteiger partial charge in [-0.3, -0.25) is 0 Å². The number of rotatable bonds is 15. The van der Waals surface area contributed by atoms with E-state index in [0.29, 0.717) is 6.54 Å². The van der Waals surface area contributed by atoms with Gasteiger partial charge in [-0.1, -0.05) is 0 Å². The molecule has 21 nitrogen and oxygen atoms in total. The lowest BCUT2D eigenvalue weighted by Gasteiger charge is -2.46. The quantitative estimate of drug-likeness (QED) is 0.0743. The zero-order valence-electron chi connectivity index (χ0n) is 27.7. The van der Waals surface area contributed by atoms with Gasteiger partial charge in [-0.25, -0.2) is 0 Å². The van der Waals surface area contributed by atoms with Gasteiger partial charge in [0.1, 0.15) is 79.4 Å². The number of nitrogens with zero attached hydrogens (tertiary/aromatic N) is 1. The first-order valence-electron chi connectivity index (χ1n) is 16.5. The average Bonchev–Trinajstić information content (AvgIpc) is 3.08. The summed E-state index contributed by atoms with van der Waals surface area (Å²) in [4.78, 5) is 1.79. The Kier molecular flexibility index (Phi) is 15.9. The summed E-state index contributed by atoms with van der Waals surface area (Å²) < 4.78 is 44.6. The van der Waals surface area contributed by atoms with Gasteiger partial charge in [0.2, 0.25) is 0 Å². The van der Waals surface area contributed by atoms with Gasteiger partial charge in [0.25, 0.3) is 0 Å². The van der Waals surface area contributed by atoms with Crippen LogP contribution in [0.1, 0.15) is 13.3 Å². The summed E-state index contributed by atoms with van der Waals surface area (Å²) in [6.45, 7) is 0.305. The maximum Gasteiger partial charge on any atom is 0.187 e. The molecule has 50 heavy (non-hydrogen) atoms. The average molecular weight is 736 g/mol. The maximum absolute atomic E-state index is 11.2. The molecule has 0 amide bonds. The van der Waals surface area contributed by atoms with Crippen molar-refractivity contribution in [1.29, 1.82) is 0 Å². The molecule has 0 unspecified atom stereocenters. The summed E-state index contributed by atoms with van der Waals surface area (Å²) in [6, 6.07) is 0. The lowest BCUT2D eigenvalue weighted by Crippen LogP contribution is -2.65. The van der Waals surface area contributed by atoms with Crippen LogP contribution in [0.25, 0.3) is 0 Å². The number of aliphatic hydroxyl groups is 12. The third-order valence-corrected chi connectivity index (χ3v) is 9.25. The second kappa shape index (κ2) is 19.0. The summed E-state index contributed by atoms with van der Waals surface area (Å²) in [6.07, 6.45) is -27.7. The van der Waals surface area contributed by atoms with Crippen LogP contribution in [0, 0.1) is 0 Å². The minimum Gasteiger partial charge on any atom is -0.394 e. The first-order valence-corrected chi connectivity index (χ1v) is 16.5. The van der Waals surface area contributed by atoms with Crippen LogP contribution in [0.3, 0.4) is 0 Å². The zero-order chi connectivity index (χ0) is 36.9. The second-order valence-electron chi connectivity index (χ2n) is 13.0. The van der Waals surface area contributed by atoms with Crippen molar-refractivity contribution in [3.63, 3.8) is 0 Å². The number of aliphatic hydroxyl groups excluding tert-OH is 12. The molecule has 4 saturated heterocycles. The van der Waals surface area contributed by atoms with E-state index in [1.54, 1.807) is 18.9 Å². The Labute approximate surface area is 287 Å². The molecule has 0 aromatic carbocycles. The molecule has 0 bridgehead atoms. The first-order chi connectivity index (χ1) is 23.7. The van der Waals surface area contributed by atoms with Gasteiger partial charge in [-0.15, -0.1) is 0 Å². The lowest BCUT2D eigenvalue weighted by molar-refractivity contribution is -0.366. The Hall–Kier alpha value is -0.840. The lowest BCUT2D eigenvalue weighted by atomic mass is 9.96. The Morgan fingerprint density at radius 3 is 1.62 bits per heavy atom. The Morgan fingerprint density at radius 2 is 1.04 bits per heavy atom. The second-order valence-corrected chi connectivity index (χ2v) is 13.0. The predicted octanol–water partition coefficient (Wildman–Crippen LogP) is -7.74. The van der Waals surface area contributed by atoms with Crippen molar-refractivity contribution in [2.75, 3.05) is 53.2 Å². The Bertz CT molecular complexity index is 1000. The van der Waals surface area contributed by atoms with Crippen LogP contribution in [-0.2, 0) is 37.9 Å². The minimum atomic E-state index is -1.87. The first kappa shape index (κ1) is 41.9. The molecule has 0 radical (unpaired) electrons. The summed E-state index contributed by atoms with van der Waals surface area (Å²) in [7, 11) is 1.74. The molecule has 19 atom stereocenters. The fraction of sp³-hybridized carbons (Fsp3) is 1.00. The molecule has 294 valence electrons. The van der Waals surface area contributed by atoms with Crippen molar-refractivity contribution >= 4 is 0 Å². The fourth-order valence-corrected chi connectivity index (χ4v) is 5.92. The predicted molar refractivity (Wildman–Crippen MR) is 159 cm³/mol. The summed E-state index contributed by atoms with van der Waals surface area (Å²) in [5.41, 5.74) is 0. The van der Waals surface area contributed by atoms with E-state index in [9.17, 15) is 61.3 Å². The van der Waals surface area contributed by atoms with Gasteiger partial charge < -0.3 is 104 Å². The highest BCUT2D eigenvalue weighted by molar-refractivity contribution is 4.95. The number of likely N-dealkylation sites (N-methyl/N-ethyl adjacent to an activating group) is 1. The molecule has 0 aromatic rings. The smallest absolute Gasteiger partial charge is 0.187 e. The SMILES string of the molecule is C[C@@H]1O[C@@H](OCCN(C)CCO[C@H]2O[C@H](CO[C@H]3O[C@H](CO)[C@@H](O)[C@H](O)[C@@H]3O)[C@@H](O)[C@H](O[C@H]3O[C@H](CO)[C@@H](O)[C@H](O)[C@@H]3O)[C@@H]2O)[C@@H](O)C[C@@H]1O. The Balaban J connectivity index is 1.37. The van der Waals surface area contributed by atoms with Crippen molar-refractivity contribution in [2.45, 2.75) is 130 Å². The molecule has 4 aliphatic heterocycles. The van der Waals surface area contributed by atoms with Gasteiger partial charge in [0, 0.05) is 19.5 Å². The molecule has 4 fully saturated rings. The van der Waals surface area contributed by atoms with Crippen molar-refractivity contribution in [3.05, 3.63) is 0 Å². The number of hydrogen-bond acceptors (Lipinski definition) is 21. The molecule has 4 aliphatic rings. The van der Waals surface area contributed by atoms with Gasteiger partial charge in [-0.05, 0) is 14.0 Å². The normalized spacial score (nSPS) is 47.5. The van der Waals surface area contributed by atoms with Crippen molar-refractivity contribution in [1.82, 2.24) is 4.90 Å².